The highest BCUT2D eigenvalue weighted by molar-refractivity contribution is 5.81. The molecule has 7 nitrogen and oxygen atoms in total. The van der Waals surface area contributed by atoms with Gasteiger partial charge in [0, 0.05) is 13.5 Å². The van der Waals surface area contributed by atoms with E-state index in [0.717, 1.165) is 4.90 Å². The molecule has 22 heavy (non-hydrogen) atoms. The predicted octanol–water partition coefficient (Wildman–Crippen LogP) is 2.43. The lowest BCUT2D eigenvalue weighted by Gasteiger charge is -2.28. The normalized spacial score (nSPS) is 13.2. The van der Waals surface area contributed by atoms with Crippen molar-refractivity contribution in [2.75, 3.05) is 7.05 Å². The van der Waals surface area contributed by atoms with Crippen LogP contribution in [-0.2, 0) is 19.1 Å². The molecule has 0 rings (SSSR count). The number of esters is 1. The number of amides is 1. The van der Waals surface area contributed by atoms with Crippen molar-refractivity contribution >= 4 is 18.0 Å². The highest BCUT2D eigenvalue weighted by Crippen LogP contribution is 2.15. The summed E-state index contributed by atoms with van der Waals surface area (Å²) in [6.07, 6.45) is -0.884. The second-order valence-corrected chi connectivity index (χ2v) is 7.07. The van der Waals surface area contributed by atoms with Gasteiger partial charge in [-0.1, -0.05) is 0 Å². The van der Waals surface area contributed by atoms with Crippen LogP contribution in [0.25, 0.3) is 0 Å². The van der Waals surface area contributed by atoms with Crippen LogP contribution in [0, 0.1) is 0 Å². The van der Waals surface area contributed by atoms with E-state index in [4.69, 9.17) is 9.47 Å². The van der Waals surface area contributed by atoms with Gasteiger partial charge in [0.2, 0.25) is 0 Å². The lowest BCUT2D eigenvalue weighted by molar-refractivity contribution is -0.155. The summed E-state index contributed by atoms with van der Waals surface area (Å²) >= 11 is 0. The molecule has 1 atom stereocenters. The third kappa shape index (κ3) is 8.49. The number of nitrogens with zero attached hydrogens (tertiary/aromatic N) is 1. The summed E-state index contributed by atoms with van der Waals surface area (Å²) < 4.78 is 10.2. The smallest absolute Gasteiger partial charge is 0.410 e. The summed E-state index contributed by atoms with van der Waals surface area (Å²) in [7, 11) is 1.34. The van der Waals surface area contributed by atoms with Crippen molar-refractivity contribution in [1.29, 1.82) is 0 Å². The Morgan fingerprint density at radius 3 is 1.82 bits per heavy atom. The molecule has 128 valence electrons. The number of likely N-dealkylation sites (N-methyl/N-ethyl adjacent to an activating group) is 1. The first kappa shape index (κ1) is 20.2. The maximum atomic E-state index is 11.9. The van der Waals surface area contributed by atoms with Crippen LogP contribution in [0.5, 0.6) is 0 Å². The predicted molar refractivity (Wildman–Crippen MR) is 80.5 cm³/mol. The molecule has 0 aliphatic heterocycles. The van der Waals surface area contributed by atoms with Crippen LogP contribution < -0.4 is 0 Å². The Bertz CT molecular complexity index is 419. The standard InChI is InChI=1S/C15H27NO6/c1-14(2,3)21-11(17)9-8-10(12(18)19)16(7)13(20)22-15(4,5)6/h10H,8-9H2,1-7H3,(H,18,19)/t10-/m1/s1. The van der Waals surface area contributed by atoms with Crippen LogP contribution in [0.4, 0.5) is 4.79 Å². The van der Waals surface area contributed by atoms with Crippen LogP contribution in [0.2, 0.25) is 0 Å². The summed E-state index contributed by atoms with van der Waals surface area (Å²) in [5, 5.41) is 9.23. The van der Waals surface area contributed by atoms with Crippen molar-refractivity contribution in [2.24, 2.45) is 0 Å². The van der Waals surface area contributed by atoms with E-state index in [1.54, 1.807) is 41.5 Å². The lowest BCUT2D eigenvalue weighted by atomic mass is 10.1. The molecule has 0 radical (unpaired) electrons. The molecule has 0 heterocycles. The van der Waals surface area contributed by atoms with Crippen LogP contribution in [0.15, 0.2) is 0 Å². The van der Waals surface area contributed by atoms with Crippen molar-refractivity contribution in [3.63, 3.8) is 0 Å². The molecule has 0 aromatic heterocycles. The molecule has 0 spiro atoms. The zero-order valence-electron chi connectivity index (χ0n) is 14.4. The number of ether oxygens (including phenoxy) is 2. The second-order valence-electron chi connectivity index (χ2n) is 7.07. The SMILES string of the molecule is CN(C(=O)OC(C)(C)C)[C@H](CCC(=O)OC(C)(C)C)C(=O)O. The van der Waals surface area contributed by atoms with Gasteiger partial charge in [0.1, 0.15) is 17.2 Å². The molecule has 1 amide bonds. The van der Waals surface area contributed by atoms with Gasteiger partial charge < -0.3 is 14.6 Å². The van der Waals surface area contributed by atoms with E-state index in [1.165, 1.54) is 7.05 Å². The zero-order valence-corrected chi connectivity index (χ0v) is 14.4. The monoisotopic (exact) mass is 317 g/mol. The molecule has 0 aliphatic carbocycles. The van der Waals surface area contributed by atoms with Gasteiger partial charge in [0.05, 0.1) is 0 Å². The molecule has 0 fully saturated rings. The van der Waals surface area contributed by atoms with E-state index in [2.05, 4.69) is 0 Å². The first-order chi connectivity index (χ1) is 9.73. The van der Waals surface area contributed by atoms with E-state index in [1.807, 2.05) is 0 Å². The number of hydrogen-bond donors (Lipinski definition) is 1. The number of carboxylic acid groups (broad SMARTS) is 1. The van der Waals surface area contributed by atoms with Gasteiger partial charge in [-0.25, -0.2) is 9.59 Å². The highest BCUT2D eigenvalue weighted by Gasteiger charge is 2.31. The molecule has 0 unspecified atom stereocenters. The Kier molecular flexibility index (Phi) is 6.86. The number of aliphatic carboxylic acids is 1. The summed E-state index contributed by atoms with van der Waals surface area (Å²) in [5.74, 6) is -1.70. The van der Waals surface area contributed by atoms with Gasteiger partial charge in [-0.05, 0) is 48.0 Å². The minimum absolute atomic E-state index is 0.0417. The highest BCUT2D eigenvalue weighted by atomic mass is 16.6. The fourth-order valence-electron chi connectivity index (χ4n) is 1.59. The van der Waals surface area contributed by atoms with E-state index >= 15 is 0 Å². The second kappa shape index (κ2) is 7.47. The van der Waals surface area contributed by atoms with Gasteiger partial charge in [-0.15, -0.1) is 0 Å². The minimum atomic E-state index is -1.20. The number of carbonyl (C=O) groups is 3. The van der Waals surface area contributed by atoms with E-state index in [9.17, 15) is 19.5 Å². The Morgan fingerprint density at radius 1 is 1.00 bits per heavy atom. The molecule has 1 N–H and O–H groups in total. The average molecular weight is 317 g/mol. The van der Waals surface area contributed by atoms with Crippen molar-refractivity contribution in [3.8, 4) is 0 Å². The maximum Gasteiger partial charge on any atom is 0.410 e. The van der Waals surface area contributed by atoms with Crippen LogP contribution in [0.1, 0.15) is 54.4 Å². The maximum absolute atomic E-state index is 11.9. The van der Waals surface area contributed by atoms with Crippen molar-refractivity contribution in [3.05, 3.63) is 0 Å². The molecule has 0 aromatic carbocycles. The topological polar surface area (TPSA) is 93.1 Å². The molecule has 0 saturated carbocycles. The Hall–Kier alpha value is -1.79. The van der Waals surface area contributed by atoms with E-state index in [0.29, 0.717) is 0 Å². The van der Waals surface area contributed by atoms with Crippen molar-refractivity contribution in [2.45, 2.75) is 71.6 Å². The van der Waals surface area contributed by atoms with Crippen molar-refractivity contribution in [1.82, 2.24) is 4.90 Å². The summed E-state index contributed by atoms with van der Waals surface area (Å²) in [6, 6.07) is -1.15. The Labute approximate surface area is 131 Å². The Balaban J connectivity index is 4.71. The van der Waals surface area contributed by atoms with Gasteiger partial charge in [-0.2, -0.15) is 0 Å². The molecule has 0 saturated heterocycles. The molecular weight excluding hydrogens is 290 g/mol. The molecule has 0 aliphatic rings. The number of rotatable bonds is 5. The van der Waals surface area contributed by atoms with Gasteiger partial charge >= 0.3 is 18.0 Å². The van der Waals surface area contributed by atoms with E-state index in [-0.39, 0.29) is 12.8 Å². The Morgan fingerprint density at radius 2 is 1.45 bits per heavy atom. The van der Waals surface area contributed by atoms with Gasteiger partial charge in [0.25, 0.3) is 0 Å². The number of carboxylic acids is 1. The van der Waals surface area contributed by atoms with E-state index < -0.39 is 35.3 Å². The molecule has 0 aromatic rings. The van der Waals surface area contributed by atoms with Crippen LogP contribution in [0.3, 0.4) is 0 Å². The number of hydrogen-bond acceptors (Lipinski definition) is 5. The van der Waals surface area contributed by atoms with Crippen LogP contribution in [-0.4, -0.2) is 52.3 Å². The van der Waals surface area contributed by atoms with Crippen molar-refractivity contribution < 1.29 is 29.0 Å². The third-order valence-corrected chi connectivity index (χ3v) is 2.48. The summed E-state index contributed by atoms with van der Waals surface area (Å²) in [6.45, 7) is 10.3. The molecule has 0 bridgehead atoms. The van der Waals surface area contributed by atoms with Gasteiger partial charge in [0.15, 0.2) is 0 Å². The summed E-state index contributed by atoms with van der Waals surface area (Å²) in [4.78, 5) is 35.9. The lowest BCUT2D eigenvalue weighted by Crippen LogP contribution is -2.45. The average Bonchev–Trinajstić information content (AvgIpc) is 2.23. The fourth-order valence-corrected chi connectivity index (χ4v) is 1.59. The fraction of sp³-hybridized carbons (Fsp3) is 0.800. The first-order valence-corrected chi connectivity index (χ1v) is 7.13. The zero-order chi connectivity index (χ0) is 17.7. The molecule has 7 heteroatoms. The third-order valence-electron chi connectivity index (χ3n) is 2.48. The number of carbonyl (C=O) groups excluding carboxylic acids is 2. The largest absolute Gasteiger partial charge is 0.480 e. The first-order valence-electron chi connectivity index (χ1n) is 7.13. The summed E-state index contributed by atoms with van der Waals surface area (Å²) in [5.41, 5.74) is -1.35. The quantitative estimate of drug-likeness (QED) is 0.783. The minimum Gasteiger partial charge on any atom is -0.480 e. The molecular formula is C15H27NO6. The van der Waals surface area contributed by atoms with Crippen LogP contribution >= 0.6 is 0 Å². The van der Waals surface area contributed by atoms with Gasteiger partial charge in [-0.3, -0.25) is 9.69 Å².